The van der Waals surface area contributed by atoms with E-state index in [0.717, 1.165) is 6.07 Å². The molecule has 7 nitrogen and oxygen atoms in total. The molecule has 0 saturated carbocycles. The fraction of sp³-hybridized carbons (Fsp3) is 0.455. The summed E-state index contributed by atoms with van der Waals surface area (Å²) < 4.78 is 0. The molecule has 1 amide bonds. The number of aromatic nitrogens is 1. The Labute approximate surface area is 103 Å². The number of aromatic hydroxyl groups is 1. The molecule has 1 aromatic rings. The van der Waals surface area contributed by atoms with Crippen LogP contribution >= 0.6 is 0 Å². The summed E-state index contributed by atoms with van der Waals surface area (Å²) in [4.78, 5) is 23.8. The number of rotatable bonds is 5. The molecule has 1 heterocycles. The zero-order chi connectivity index (χ0) is 13.7. The number of aromatic amines is 1. The van der Waals surface area contributed by atoms with Crippen molar-refractivity contribution in [1.29, 1.82) is 0 Å². The van der Waals surface area contributed by atoms with E-state index in [1.807, 2.05) is 0 Å². The van der Waals surface area contributed by atoms with Gasteiger partial charge in [-0.05, 0) is 12.5 Å². The molecule has 2 unspecified atom stereocenters. The van der Waals surface area contributed by atoms with Crippen LogP contribution < -0.4 is 10.9 Å². The number of hydrogen-bond donors (Lipinski definition) is 5. The number of nitrogens with one attached hydrogen (secondary N) is 2. The van der Waals surface area contributed by atoms with Crippen molar-refractivity contribution in [3.63, 3.8) is 0 Å². The van der Waals surface area contributed by atoms with Crippen LogP contribution in [-0.2, 0) is 4.79 Å². The van der Waals surface area contributed by atoms with Gasteiger partial charge in [-0.1, -0.05) is 0 Å². The normalized spacial score (nSPS) is 13.9. The minimum atomic E-state index is -1.25. The molecule has 0 fully saturated rings. The lowest BCUT2D eigenvalue weighted by Crippen LogP contribution is -2.27. The summed E-state index contributed by atoms with van der Waals surface area (Å²) in [5.74, 6) is -0.751. The first-order valence-corrected chi connectivity index (χ1v) is 5.44. The van der Waals surface area contributed by atoms with E-state index in [9.17, 15) is 24.9 Å². The Bertz CT molecular complexity index is 471. The van der Waals surface area contributed by atoms with Crippen molar-refractivity contribution in [3.8, 4) is 5.75 Å². The van der Waals surface area contributed by atoms with Crippen LogP contribution in [0.1, 0.15) is 25.0 Å². The van der Waals surface area contributed by atoms with Gasteiger partial charge in [0.05, 0.1) is 6.10 Å². The van der Waals surface area contributed by atoms with Crippen LogP contribution in [0.2, 0.25) is 0 Å². The highest BCUT2D eigenvalue weighted by atomic mass is 16.3. The standard InChI is InChI=1S/C11H16N2O5/c1-6(14)12-3-2-8(15)10(17)7-4-9(16)11(18)13-5-7/h4-5,8,10,15-17H,2-3H2,1H3,(H,12,14)(H,13,18). The summed E-state index contributed by atoms with van der Waals surface area (Å²) in [6, 6.07) is 1.09. The SMILES string of the molecule is CC(=O)NCCC(O)C(O)c1c[nH]c(=O)c(O)c1. The van der Waals surface area contributed by atoms with Gasteiger partial charge in [-0.2, -0.15) is 0 Å². The van der Waals surface area contributed by atoms with E-state index >= 15 is 0 Å². The quantitative estimate of drug-likeness (QED) is 0.462. The van der Waals surface area contributed by atoms with Gasteiger partial charge in [0, 0.05) is 25.2 Å². The van der Waals surface area contributed by atoms with Gasteiger partial charge >= 0.3 is 0 Å². The number of aliphatic hydroxyl groups is 2. The highest BCUT2D eigenvalue weighted by Gasteiger charge is 2.19. The molecule has 0 radical (unpaired) electrons. The topological polar surface area (TPSA) is 123 Å². The Morgan fingerprint density at radius 2 is 2.17 bits per heavy atom. The monoisotopic (exact) mass is 256 g/mol. The van der Waals surface area contributed by atoms with Crippen LogP contribution in [0.25, 0.3) is 0 Å². The van der Waals surface area contributed by atoms with Crippen LogP contribution in [0.3, 0.4) is 0 Å². The fourth-order valence-corrected chi connectivity index (χ4v) is 1.43. The second kappa shape index (κ2) is 6.18. The Morgan fingerprint density at radius 1 is 1.50 bits per heavy atom. The Morgan fingerprint density at radius 3 is 2.72 bits per heavy atom. The van der Waals surface area contributed by atoms with Crippen molar-refractivity contribution in [3.05, 3.63) is 28.2 Å². The maximum atomic E-state index is 10.9. The zero-order valence-electron chi connectivity index (χ0n) is 9.88. The number of hydrogen-bond acceptors (Lipinski definition) is 5. The van der Waals surface area contributed by atoms with Gasteiger partial charge in [0.15, 0.2) is 5.75 Å². The number of amides is 1. The third kappa shape index (κ3) is 3.86. The van der Waals surface area contributed by atoms with Gasteiger partial charge < -0.3 is 25.6 Å². The van der Waals surface area contributed by atoms with Crippen molar-refractivity contribution in [2.75, 3.05) is 6.54 Å². The van der Waals surface area contributed by atoms with Gasteiger partial charge in [-0.3, -0.25) is 9.59 Å². The molecule has 0 aliphatic rings. The summed E-state index contributed by atoms with van der Waals surface area (Å²) in [6.45, 7) is 1.58. The predicted octanol–water partition coefficient (Wildman–Crippen LogP) is -0.999. The summed E-state index contributed by atoms with van der Waals surface area (Å²) >= 11 is 0. The molecular weight excluding hydrogens is 240 g/mol. The van der Waals surface area contributed by atoms with Crippen molar-refractivity contribution in [2.24, 2.45) is 0 Å². The van der Waals surface area contributed by atoms with Crippen molar-refractivity contribution < 1.29 is 20.1 Å². The van der Waals surface area contributed by atoms with Crippen LogP contribution in [0.15, 0.2) is 17.1 Å². The highest BCUT2D eigenvalue weighted by molar-refractivity contribution is 5.72. The average Bonchev–Trinajstić information content (AvgIpc) is 2.31. The summed E-state index contributed by atoms with van der Waals surface area (Å²) in [7, 11) is 0. The second-order valence-corrected chi connectivity index (χ2v) is 3.93. The largest absolute Gasteiger partial charge is 0.503 e. The maximum Gasteiger partial charge on any atom is 0.290 e. The van der Waals surface area contributed by atoms with Gasteiger partial charge in [-0.25, -0.2) is 0 Å². The number of pyridine rings is 1. The first-order valence-electron chi connectivity index (χ1n) is 5.44. The lowest BCUT2D eigenvalue weighted by molar-refractivity contribution is -0.119. The molecular formula is C11H16N2O5. The van der Waals surface area contributed by atoms with Crippen LogP contribution in [0.5, 0.6) is 5.75 Å². The van der Waals surface area contributed by atoms with E-state index in [-0.39, 0.29) is 24.4 Å². The second-order valence-electron chi connectivity index (χ2n) is 3.93. The molecule has 0 aliphatic heterocycles. The Kier molecular flexibility index (Phi) is 4.87. The maximum absolute atomic E-state index is 10.9. The first-order chi connectivity index (χ1) is 8.41. The van der Waals surface area contributed by atoms with Gasteiger partial charge in [0.25, 0.3) is 5.56 Å². The number of carbonyl (C=O) groups is 1. The van der Waals surface area contributed by atoms with Gasteiger partial charge in [0.1, 0.15) is 6.10 Å². The van der Waals surface area contributed by atoms with Crippen LogP contribution in [0.4, 0.5) is 0 Å². The van der Waals surface area contributed by atoms with Crippen molar-refractivity contribution in [2.45, 2.75) is 25.6 Å². The van der Waals surface area contributed by atoms with Crippen LogP contribution in [0, 0.1) is 0 Å². The molecule has 100 valence electrons. The molecule has 1 aromatic heterocycles. The van der Waals surface area contributed by atoms with Crippen molar-refractivity contribution in [1.82, 2.24) is 10.3 Å². The zero-order valence-corrected chi connectivity index (χ0v) is 9.88. The third-order valence-electron chi connectivity index (χ3n) is 2.43. The number of carbonyl (C=O) groups excluding carboxylic acids is 1. The molecule has 5 N–H and O–H groups in total. The van der Waals surface area contributed by atoms with E-state index in [2.05, 4.69) is 10.3 Å². The number of H-pyrrole nitrogens is 1. The van der Waals surface area contributed by atoms with E-state index in [4.69, 9.17) is 0 Å². The lowest BCUT2D eigenvalue weighted by atomic mass is 10.0. The lowest BCUT2D eigenvalue weighted by Gasteiger charge is -2.18. The molecule has 2 atom stereocenters. The summed E-state index contributed by atoms with van der Waals surface area (Å²) in [5, 5.41) is 31.1. The molecule has 0 bridgehead atoms. The van der Waals surface area contributed by atoms with E-state index < -0.39 is 23.5 Å². The summed E-state index contributed by atoms with van der Waals surface area (Å²) in [5.41, 5.74) is -0.471. The van der Waals surface area contributed by atoms with E-state index in [1.165, 1.54) is 13.1 Å². The number of aliphatic hydroxyl groups excluding tert-OH is 2. The fourth-order valence-electron chi connectivity index (χ4n) is 1.43. The molecule has 0 aliphatic carbocycles. The molecule has 0 saturated heterocycles. The minimum absolute atomic E-state index is 0.153. The molecule has 0 aromatic carbocycles. The highest BCUT2D eigenvalue weighted by Crippen LogP contribution is 2.19. The Hall–Kier alpha value is -1.86. The molecule has 7 heteroatoms. The molecule has 18 heavy (non-hydrogen) atoms. The smallest absolute Gasteiger partial charge is 0.290 e. The van der Waals surface area contributed by atoms with Crippen LogP contribution in [-0.4, -0.2) is 38.9 Å². The predicted molar refractivity (Wildman–Crippen MR) is 63.0 cm³/mol. The summed E-state index contributed by atoms with van der Waals surface area (Å²) in [6.07, 6.45) is -0.988. The molecule has 1 rings (SSSR count). The van der Waals surface area contributed by atoms with E-state index in [0.29, 0.717) is 0 Å². The average molecular weight is 256 g/mol. The third-order valence-corrected chi connectivity index (χ3v) is 2.43. The Balaban J connectivity index is 2.62. The van der Waals surface area contributed by atoms with Crippen molar-refractivity contribution >= 4 is 5.91 Å². The molecule has 0 spiro atoms. The minimum Gasteiger partial charge on any atom is -0.503 e. The van der Waals surface area contributed by atoms with Gasteiger partial charge in [-0.15, -0.1) is 0 Å². The van der Waals surface area contributed by atoms with E-state index in [1.54, 1.807) is 0 Å². The first kappa shape index (κ1) is 14.2. The van der Waals surface area contributed by atoms with Gasteiger partial charge in [0.2, 0.25) is 5.91 Å².